The molecule has 4 nitrogen and oxygen atoms in total. The van der Waals surface area contributed by atoms with Gasteiger partial charge in [-0.15, -0.1) is 11.3 Å². The first kappa shape index (κ1) is 13.5. The molecular formula is C14H16N2O2S. The number of amides is 1. The van der Waals surface area contributed by atoms with Gasteiger partial charge in [-0.1, -0.05) is 0 Å². The summed E-state index contributed by atoms with van der Waals surface area (Å²) in [6.45, 7) is 4.31. The Kier molecular flexibility index (Phi) is 4.52. The van der Waals surface area contributed by atoms with Gasteiger partial charge in [0.2, 0.25) is 0 Å². The van der Waals surface area contributed by atoms with E-state index in [1.807, 2.05) is 19.2 Å². The maximum atomic E-state index is 11.8. The zero-order valence-electron chi connectivity index (χ0n) is 10.9. The van der Waals surface area contributed by atoms with Crippen molar-refractivity contribution in [3.8, 4) is 5.75 Å². The number of ether oxygens (including phenoxy) is 1. The Morgan fingerprint density at radius 2 is 2.11 bits per heavy atom. The molecule has 1 amide bonds. The summed E-state index contributed by atoms with van der Waals surface area (Å²) < 4.78 is 5.58. The van der Waals surface area contributed by atoms with Gasteiger partial charge in [-0.25, -0.2) is 4.98 Å². The number of aromatic nitrogens is 1. The quantitative estimate of drug-likeness (QED) is 0.913. The minimum Gasteiger partial charge on any atom is -0.487 e. The summed E-state index contributed by atoms with van der Waals surface area (Å²) in [6.07, 6.45) is 0. The van der Waals surface area contributed by atoms with Crippen LogP contribution in [0.25, 0.3) is 0 Å². The third kappa shape index (κ3) is 4.06. The predicted molar refractivity (Wildman–Crippen MR) is 75.5 cm³/mol. The number of nitrogens with one attached hydrogen (secondary N) is 1. The Balaban J connectivity index is 1.92. The fourth-order valence-electron chi connectivity index (χ4n) is 1.51. The van der Waals surface area contributed by atoms with Crippen LogP contribution in [0.1, 0.15) is 29.9 Å². The third-order valence-electron chi connectivity index (χ3n) is 2.41. The Bertz CT molecular complexity index is 521. The second-order valence-corrected chi connectivity index (χ2v) is 5.14. The largest absolute Gasteiger partial charge is 0.487 e. The van der Waals surface area contributed by atoms with E-state index in [-0.39, 0.29) is 11.9 Å². The van der Waals surface area contributed by atoms with Crippen molar-refractivity contribution in [2.75, 3.05) is 0 Å². The molecule has 5 heteroatoms. The molecule has 0 aliphatic carbocycles. The topological polar surface area (TPSA) is 51.2 Å². The van der Waals surface area contributed by atoms with Crippen LogP contribution < -0.4 is 10.1 Å². The molecule has 0 saturated heterocycles. The van der Waals surface area contributed by atoms with Crippen molar-refractivity contribution >= 4 is 17.2 Å². The molecular weight excluding hydrogens is 260 g/mol. The van der Waals surface area contributed by atoms with Gasteiger partial charge in [-0.05, 0) is 38.1 Å². The molecule has 0 spiro atoms. The summed E-state index contributed by atoms with van der Waals surface area (Å²) in [6, 6.07) is 7.24. The number of carbonyl (C=O) groups is 1. The molecule has 0 atom stereocenters. The Morgan fingerprint density at radius 3 is 2.68 bits per heavy atom. The lowest BCUT2D eigenvalue weighted by Gasteiger charge is -2.09. The lowest BCUT2D eigenvalue weighted by molar-refractivity contribution is 0.0943. The van der Waals surface area contributed by atoms with Gasteiger partial charge in [0.25, 0.3) is 5.91 Å². The Labute approximate surface area is 116 Å². The molecule has 1 N–H and O–H groups in total. The first-order valence-corrected chi connectivity index (χ1v) is 7.00. The minimum absolute atomic E-state index is 0.0685. The molecule has 0 saturated carbocycles. The van der Waals surface area contributed by atoms with Crippen LogP contribution in [0, 0.1) is 0 Å². The monoisotopic (exact) mass is 276 g/mol. The maximum absolute atomic E-state index is 11.8. The van der Waals surface area contributed by atoms with E-state index in [1.54, 1.807) is 41.1 Å². The minimum atomic E-state index is -0.0685. The average molecular weight is 276 g/mol. The fraction of sp³-hybridized carbons (Fsp3) is 0.286. The number of hydrogen-bond acceptors (Lipinski definition) is 4. The van der Waals surface area contributed by atoms with Gasteiger partial charge in [0.1, 0.15) is 12.4 Å². The lowest BCUT2D eigenvalue weighted by Crippen LogP contribution is -2.29. The number of benzene rings is 1. The zero-order valence-corrected chi connectivity index (χ0v) is 11.7. The summed E-state index contributed by atoms with van der Waals surface area (Å²) in [5.41, 5.74) is 3.32. The van der Waals surface area contributed by atoms with Gasteiger partial charge in [0, 0.05) is 17.0 Å². The van der Waals surface area contributed by atoms with Crippen molar-refractivity contribution in [2.45, 2.75) is 26.5 Å². The predicted octanol–water partition coefficient (Wildman–Crippen LogP) is 2.86. The van der Waals surface area contributed by atoms with Gasteiger partial charge in [0.05, 0.1) is 11.2 Å². The summed E-state index contributed by atoms with van der Waals surface area (Å²) >= 11 is 1.54. The normalized spacial score (nSPS) is 10.5. The van der Waals surface area contributed by atoms with E-state index in [4.69, 9.17) is 4.74 Å². The fourth-order valence-corrected chi connectivity index (χ4v) is 2.06. The van der Waals surface area contributed by atoms with Gasteiger partial charge >= 0.3 is 0 Å². The molecule has 1 aromatic heterocycles. The smallest absolute Gasteiger partial charge is 0.251 e. The molecule has 1 aromatic carbocycles. The van der Waals surface area contributed by atoms with Crippen LogP contribution >= 0.6 is 11.3 Å². The molecule has 0 fully saturated rings. The average Bonchev–Trinajstić information content (AvgIpc) is 2.89. The number of carbonyl (C=O) groups excluding carboxylic acids is 1. The highest BCUT2D eigenvalue weighted by atomic mass is 32.1. The van der Waals surface area contributed by atoms with E-state index in [0.29, 0.717) is 12.2 Å². The molecule has 19 heavy (non-hydrogen) atoms. The second kappa shape index (κ2) is 6.33. The number of thiazole rings is 1. The molecule has 1 heterocycles. The van der Waals surface area contributed by atoms with Gasteiger partial charge in [0.15, 0.2) is 0 Å². The van der Waals surface area contributed by atoms with Crippen LogP contribution in [-0.2, 0) is 6.61 Å². The van der Waals surface area contributed by atoms with Crippen LogP contribution in [0.5, 0.6) is 5.75 Å². The first-order valence-electron chi connectivity index (χ1n) is 6.06. The van der Waals surface area contributed by atoms with Crippen molar-refractivity contribution in [3.63, 3.8) is 0 Å². The number of rotatable bonds is 5. The molecule has 0 aliphatic heterocycles. The molecule has 2 rings (SSSR count). The SMILES string of the molecule is CC(C)NC(=O)c1ccc(OCc2cscn2)cc1. The van der Waals surface area contributed by atoms with Crippen molar-refractivity contribution < 1.29 is 9.53 Å². The van der Waals surface area contributed by atoms with E-state index < -0.39 is 0 Å². The molecule has 0 bridgehead atoms. The number of hydrogen-bond donors (Lipinski definition) is 1. The molecule has 0 unspecified atom stereocenters. The van der Waals surface area contributed by atoms with E-state index >= 15 is 0 Å². The van der Waals surface area contributed by atoms with Gasteiger partial charge in [-0.3, -0.25) is 4.79 Å². The molecule has 0 radical (unpaired) electrons. The highest BCUT2D eigenvalue weighted by Gasteiger charge is 2.06. The third-order valence-corrected chi connectivity index (χ3v) is 3.04. The first-order chi connectivity index (χ1) is 9.15. The van der Waals surface area contributed by atoms with Crippen LogP contribution in [-0.4, -0.2) is 16.9 Å². The number of nitrogens with zero attached hydrogens (tertiary/aromatic N) is 1. The lowest BCUT2D eigenvalue weighted by atomic mass is 10.2. The van der Waals surface area contributed by atoms with Crippen molar-refractivity contribution in [3.05, 3.63) is 46.4 Å². The van der Waals surface area contributed by atoms with E-state index in [9.17, 15) is 4.79 Å². The maximum Gasteiger partial charge on any atom is 0.251 e. The highest BCUT2D eigenvalue weighted by Crippen LogP contribution is 2.14. The van der Waals surface area contributed by atoms with Crippen molar-refractivity contribution in [2.24, 2.45) is 0 Å². The summed E-state index contributed by atoms with van der Waals surface area (Å²) in [4.78, 5) is 15.9. The molecule has 100 valence electrons. The molecule has 2 aromatic rings. The second-order valence-electron chi connectivity index (χ2n) is 4.42. The van der Waals surface area contributed by atoms with Crippen LogP contribution in [0.2, 0.25) is 0 Å². The van der Waals surface area contributed by atoms with Crippen LogP contribution in [0.3, 0.4) is 0 Å². The highest BCUT2D eigenvalue weighted by molar-refractivity contribution is 7.07. The van der Waals surface area contributed by atoms with E-state index in [2.05, 4.69) is 10.3 Å². The van der Waals surface area contributed by atoms with Crippen LogP contribution in [0.4, 0.5) is 0 Å². The van der Waals surface area contributed by atoms with Gasteiger partial charge in [-0.2, -0.15) is 0 Å². The summed E-state index contributed by atoms with van der Waals surface area (Å²) in [5.74, 6) is 0.662. The van der Waals surface area contributed by atoms with E-state index in [1.165, 1.54) is 0 Å². The standard InChI is InChI=1S/C14H16N2O2S/c1-10(2)16-14(17)11-3-5-13(6-4-11)18-7-12-8-19-9-15-12/h3-6,8-10H,7H2,1-2H3,(H,16,17). The van der Waals surface area contributed by atoms with Crippen LogP contribution in [0.15, 0.2) is 35.2 Å². The summed E-state index contributed by atoms with van der Waals surface area (Å²) in [7, 11) is 0. The van der Waals surface area contributed by atoms with Crippen molar-refractivity contribution in [1.29, 1.82) is 0 Å². The molecule has 0 aliphatic rings. The Morgan fingerprint density at radius 1 is 1.37 bits per heavy atom. The van der Waals surface area contributed by atoms with Crippen molar-refractivity contribution in [1.82, 2.24) is 10.3 Å². The summed E-state index contributed by atoms with van der Waals surface area (Å²) in [5, 5.41) is 4.79. The Hall–Kier alpha value is -1.88. The zero-order chi connectivity index (χ0) is 13.7. The van der Waals surface area contributed by atoms with E-state index in [0.717, 1.165) is 11.4 Å². The van der Waals surface area contributed by atoms with Gasteiger partial charge < -0.3 is 10.1 Å².